The zero-order valence-corrected chi connectivity index (χ0v) is 17.2. The zero-order chi connectivity index (χ0) is 20.1. The molecular formula is C21H30N4O2. The number of nitrogens with zero attached hydrogens (tertiary/aromatic N) is 3. The largest absolute Gasteiger partial charge is 0.355 e. The summed E-state index contributed by atoms with van der Waals surface area (Å²) in [7, 11) is 3.41. The van der Waals surface area contributed by atoms with Crippen molar-refractivity contribution in [3.8, 4) is 0 Å². The van der Waals surface area contributed by atoms with Gasteiger partial charge in [0, 0.05) is 44.0 Å². The molecule has 0 bridgehead atoms. The monoisotopic (exact) mass is 370 g/mol. The van der Waals surface area contributed by atoms with Gasteiger partial charge in [-0.1, -0.05) is 26.0 Å². The molecule has 0 saturated carbocycles. The van der Waals surface area contributed by atoms with E-state index in [0.29, 0.717) is 24.4 Å². The van der Waals surface area contributed by atoms with Crippen molar-refractivity contribution in [2.45, 2.75) is 47.2 Å². The third-order valence-corrected chi connectivity index (χ3v) is 4.69. The first-order chi connectivity index (χ1) is 12.7. The van der Waals surface area contributed by atoms with Gasteiger partial charge in [0.15, 0.2) is 0 Å². The van der Waals surface area contributed by atoms with E-state index in [1.165, 1.54) is 0 Å². The van der Waals surface area contributed by atoms with Crippen LogP contribution in [0.15, 0.2) is 24.3 Å². The highest BCUT2D eigenvalue weighted by molar-refractivity contribution is 5.93. The van der Waals surface area contributed by atoms with Gasteiger partial charge in [0.25, 0.3) is 5.91 Å². The molecule has 27 heavy (non-hydrogen) atoms. The lowest BCUT2D eigenvalue weighted by Crippen LogP contribution is -2.28. The van der Waals surface area contributed by atoms with Gasteiger partial charge >= 0.3 is 0 Å². The fraction of sp³-hybridized carbons (Fsp3) is 0.476. The normalized spacial score (nSPS) is 10.9. The molecule has 0 saturated heterocycles. The second kappa shape index (κ2) is 8.84. The quantitative estimate of drug-likeness (QED) is 0.815. The number of hydrogen-bond acceptors (Lipinski definition) is 3. The molecular weight excluding hydrogens is 340 g/mol. The molecule has 1 aromatic carbocycles. The number of benzene rings is 1. The number of rotatable bonds is 7. The van der Waals surface area contributed by atoms with Gasteiger partial charge in [0.05, 0.1) is 12.1 Å². The first-order valence-electron chi connectivity index (χ1n) is 9.30. The first-order valence-corrected chi connectivity index (χ1v) is 9.30. The van der Waals surface area contributed by atoms with Crippen molar-refractivity contribution in [3.05, 3.63) is 52.3 Å². The average molecular weight is 370 g/mol. The third-order valence-electron chi connectivity index (χ3n) is 4.69. The van der Waals surface area contributed by atoms with Crippen molar-refractivity contribution in [2.24, 2.45) is 5.92 Å². The molecule has 2 rings (SSSR count). The van der Waals surface area contributed by atoms with E-state index in [2.05, 4.69) is 24.3 Å². The minimum Gasteiger partial charge on any atom is -0.355 e. The van der Waals surface area contributed by atoms with Crippen LogP contribution in [0.25, 0.3) is 0 Å². The molecule has 146 valence electrons. The van der Waals surface area contributed by atoms with E-state index >= 15 is 0 Å². The van der Waals surface area contributed by atoms with Crippen molar-refractivity contribution >= 4 is 11.8 Å². The molecule has 1 heterocycles. The summed E-state index contributed by atoms with van der Waals surface area (Å²) in [5.41, 5.74) is 4.60. The summed E-state index contributed by atoms with van der Waals surface area (Å²) in [6, 6.07) is 7.31. The fourth-order valence-corrected chi connectivity index (χ4v) is 3.07. The van der Waals surface area contributed by atoms with Crippen molar-refractivity contribution in [2.75, 3.05) is 14.1 Å². The van der Waals surface area contributed by atoms with Gasteiger partial charge in [-0.25, -0.2) is 0 Å². The Morgan fingerprint density at radius 1 is 1.19 bits per heavy atom. The molecule has 0 radical (unpaired) electrons. The van der Waals surface area contributed by atoms with Crippen molar-refractivity contribution in [1.29, 1.82) is 0 Å². The van der Waals surface area contributed by atoms with Crippen molar-refractivity contribution < 1.29 is 9.59 Å². The lowest BCUT2D eigenvalue weighted by Gasteiger charge is -2.18. The lowest BCUT2D eigenvalue weighted by atomic mass is 10.1. The Hall–Kier alpha value is -2.63. The Labute approximate surface area is 161 Å². The average Bonchev–Trinajstić information content (AvgIpc) is 2.88. The second-order valence-electron chi connectivity index (χ2n) is 7.43. The van der Waals surface area contributed by atoms with Crippen LogP contribution in [0.2, 0.25) is 0 Å². The highest BCUT2D eigenvalue weighted by atomic mass is 16.2. The summed E-state index contributed by atoms with van der Waals surface area (Å²) < 4.78 is 2.00. The fourth-order valence-electron chi connectivity index (χ4n) is 3.07. The Kier molecular flexibility index (Phi) is 6.77. The van der Waals surface area contributed by atoms with Crippen LogP contribution in [-0.2, 0) is 24.3 Å². The predicted octanol–water partition coefficient (Wildman–Crippen LogP) is 2.72. The minimum atomic E-state index is -0.115. The van der Waals surface area contributed by atoms with Gasteiger partial charge < -0.3 is 10.2 Å². The molecule has 0 aliphatic carbocycles. The van der Waals surface area contributed by atoms with Crippen LogP contribution in [0.1, 0.15) is 46.7 Å². The van der Waals surface area contributed by atoms with E-state index in [0.717, 1.165) is 29.1 Å². The first kappa shape index (κ1) is 20.7. The number of carbonyl (C=O) groups excluding carboxylic acids is 2. The van der Waals surface area contributed by atoms with Crippen LogP contribution in [0.4, 0.5) is 0 Å². The standard InChI is InChI=1S/C21H30N4O2/c1-14(2)12-25-16(4)19(15(3)23-25)11-20(26)24(6)13-17-7-9-18(10-8-17)21(27)22-5/h7-10,14H,11-13H2,1-6H3,(H,22,27). The summed E-state index contributed by atoms with van der Waals surface area (Å²) in [6.45, 7) is 9.67. The summed E-state index contributed by atoms with van der Waals surface area (Å²) in [4.78, 5) is 26.0. The summed E-state index contributed by atoms with van der Waals surface area (Å²) in [5, 5.41) is 7.19. The van der Waals surface area contributed by atoms with Crippen LogP contribution < -0.4 is 5.32 Å². The van der Waals surface area contributed by atoms with Crippen molar-refractivity contribution in [1.82, 2.24) is 20.0 Å². The molecule has 6 nitrogen and oxygen atoms in total. The number of carbonyl (C=O) groups is 2. The van der Waals surface area contributed by atoms with Gasteiger partial charge in [-0.05, 0) is 37.5 Å². The summed E-state index contributed by atoms with van der Waals surface area (Å²) in [6.07, 6.45) is 0.350. The molecule has 0 spiro atoms. The molecule has 0 atom stereocenters. The van der Waals surface area contributed by atoms with Crippen LogP contribution in [0.5, 0.6) is 0 Å². The third kappa shape index (κ3) is 5.18. The maximum atomic E-state index is 12.7. The molecule has 0 fully saturated rings. The van der Waals surface area contributed by atoms with E-state index in [9.17, 15) is 9.59 Å². The van der Waals surface area contributed by atoms with Crippen LogP contribution >= 0.6 is 0 Å². The number of hydrogen-bond donors (Lipinski definition) is 1. The van der Waals surface area contributed by atoms with Gasteiger partial charge in [-0.15, -0.1) is 0 Å². The topological polar surface area (TPSA) is 67.2 Å². The number of likely N-dealkylation sites (N-methyl/N-ethyl adjacent to an activating group) is 1. The number of aryl methyl sites for hydroxylation is 1. The molecule has 0 unspecified atom stereocenters. The lowest BCUT2D eigenvalue weighted by molar-refractivity contribution is -0.129. The van der Waals surface area contributed by atoms with Crippen LogP contribution in [0, 0.1) is 19.8 Å². The molecule has 2 aromatic rings. The summed E-state index contributed by atoms with van der Waals surface area (Å²) in [5.74, 6) is 0.447. The molecule has 6 heteroatoms. The van der Waals surface area contributed by atoms with Crippen molar-refractivity contribution in [3.63, 3.8) is 0 Å². The number of aromatic nitrogens is 2. The van der Waals surface area contributed by atoms with Gasteiger partial charge in [0.2, 0.25) is 5.91 Å². The van der Waals surface area contributed by atoms with Gasteiger partial charge in [-0.2, -0.15) is 5.10 Å². The van der Waals surface area contributed by atoms with E-state index in [-0.39, 0.29) is 11.8 Å². The highest BCUT2D eigenvalue weighted by Crippen LogP contribution is 2.17. The van der Waals surface area contributed by atoms with E-state index < -0.39 is 0 Å². The molecule has 0 aliphatic rings. The Morgan fingerprint density at radius 2 is 1.81 bits per heavy atom. The predicted molar refractivity (Wildman–Crippen MR) is 107 cm³/mol. The van der Waals surface area contributed by atoms with Crippen LogP contribution in [0.3, 0.4) is 0 Å². The number of nitrogens with one attached hydrogen (secondary N) is 1. The van der Waals surface area contributed by atoms with E-state index in [1.807, 2.05) is 30.7 Å². The highest BCUT2D eigenvalue weighted by Gasteiger charge is 2.18. The Balaban J connectivity index is 2.04. The molecule has 2 amide bonds. The minimum absolute atomic E-state index is 0.0562. The maximum Gasteiger partial charge on any atom is 0.251 e. The van der Waals surface area contributed by atoms with E-state index in [4.69, 9.17) is 0 Å². The molecule has 1 aromatic heterocycles. The SMILES string of the molecule is CNC(=O)c1ccc(CN(C)C(=O)Cc2c(C)nn(CC(C)C)c2C)cc1. The molecule has 1 N–H and O–H groups in total. The summed E-state index contributed by atoms with van der Waals surface area (Å²) >= 11 is 0. The maximum absolute atomic E-state index is 12.7. The smallest absolute Gasteiger partial charge is 0.251 e. The Morgan fingerprint density at radius 3 is 2.37 bits per heavy atom. The Bertz CT molecular complexity index is 806. The van der Waals surface area contributed by atoms with Gasteiger partial charge in [0.1, 0.15) is 0 Å². The van der Waals surface area contributed by atoms with Crippen LogP contribution in [-0.4, -0.2) is 40.6 Å². The van der Waals surface area contributed by atoms with E-state index in [1.54, 1.807) is 31.1 Å². The molecule has 0 aliphatic heterocycles. The number of amides is 2. The zero-order valence-electron chi connectivity index (χ0n) is 17.2. The van der Waals surface area contributed by atoms with Gasteiger partial charge in [-0.3, -0.25) is 14.3 Å². The second-order valence-corrected chi connectivity index (χ2v) is 7.43.